The predicted molar refractivity (Wildman–Crippen MR) is 238 cm³/mol. The van der Waals surface area contributed by atoms with Crippen LogP contribution in [0.15, 0.2) is 216 Å². The molecule has 0 aliphatic carbocycles. The van der Waals surface area contributed by atoms with E-state index in [1.54, 1.807) is 11.8 Å². The number of aromatic nitrogens is 4. The van der Waals surface area contributed by atoms with Gasteiger partial charge in [-0.25, -0.2) is 9.97 Å². The summed E-state index contributed by atoms with van der Waals surface area (Å²) in [4.78, 5) is 13.0. The zero-order valence-corrected chi connectivity index (χ0v) is 31.6. The van der Waals surface area contributed by atoms with Crippen molar-refractivity contribution in [2.24, 2.45) is 0 Å². The molecule has 0 aliphatic rings. The van der Waals surface area contributed by atoms with Crippen LogP contribution >= 0.6 is 11.8 Å². The predicted octanol–water partition coefficient (Wildman–Crippen LogP) is 13.8. The van der Waals surface area contributed by atoms with Crippen molar-refractivity contribution >= 4 is 55.4 Å². The Balaban J connectivity index is 1.05. The van der Waals surface area contributed by atoms with E-state index in [2.05, 4.69) is 203 Å². The Hall–Kier alpha value is -7.21. The molecule has 0 N–H and O–H groups in total. The fourth-order valence-corrected chi connectivity index (χ4v) is 8.97. The number of rotatable bonds is 7. The Kier molecular flexibility index (Phi) is 8.04. The number of hydrogen-bond donors (Lipinski definition) is 0. The van der Waals surface area contributed by atoms with Gasteiger partial charge in [-0.1, -0.05) is 139 Å². The second-order valence-electron chi connectivity index (χ2n) is 14.2. The van der Waals surface area contributed by atoms with Crippen molar-refractivity contribution in [3.63, 3.8) is 0 Å². The molecule has 0 aliphatic heterocycles. The molecule has 268 valence electrons. The second-order valence-corrected chi connectivity index (χ2v) is 15.4. The van der Waals surface area contributed by atoms with E-state index < -0.39 is 0 Å². The molecule has 3 aromatic heterocycles. The molecular weight excluding hydrogens is 713 g/mol. The maximum Gasteiger partial charge on any atom is 0.235 e. The third-order valence-electron chi connectivity index (χ3n) is 10.8. The van der Waals surface area contributed by atoms with Crippen molar-refractivity contribution < 1.29 is 0 Å². The molecule has 0 atom stereocenters. The lowest BCUT2D eigenvalue weighted by atomic mass is 10.0. The molecule has 0 bridgehead atoms. The minimum atomic E-state index is 0.642. The monoisotopic (exact) mass is 746 g/mol. The normalized spacial score (nSPS) is 11.6. The Morgan fingerprint density at radius 1 is 0.316 bits per heavy atom. The lowest BCUT2D eigenvalue weighted by Gasteiger charge is -2.12. The Labute approximate surface area is 334 Å². The van der Waals surface area contributed by atoms with Gasteiger partial charge in [-0.15, -0.1) is 0 Å². The lowest BCUT2D eigenvalue weighted by molar-refractivity contribution is 0.995. The van der Waals surface area contributed by atoms with Crippen molar-refractivity contribution in [1.82, 2.24) is 19.1 Å². The molecule has 11 rings (SSSR count). The quantitative estimate of drug-likeness (QED) is 0.163. The van der Waals surface area contributed by atoms with Crippen LogP contribution in [0.4, 0.5) is 0 Å². The highest BCUT2D eigenvalue weighted by molar-refractivity contribution is 7.99. The number of nitrogens with zero attached hydrogens (tertiary/aromatic N) is 4. The number of para-hydroxylation sites is 3. The van der Waals surface area contributed by atoms with Crippen LogP contribution < -0.4 is 0 Å². The van der Waals surface area contributed by atoms with Crippen molar-refractivity contribution in [1.29, 1.82) is 0 Å². The highest BCUT2D eigenvalue weighted by Crippen LogP contribution is 2.39. The summed E-state index contributed by atoms with van der Waals surface area (Å²) in [6.07, 6.45) is 0. The summed E-state index contributed by atoms with van der Waals surface area (Å²) in [5.41, 5.74) is 11.9. The molecule has 0 unspecified atom stereocenters. The minimum Gasteiger partial charge on any atom is -0.309 e. The smallest absolute Gasteiger partial charge is 0.235 e. The third kappa shape index (κ3) is 5.88. The molecule has 0 radical (unpaired) electrons. The van der Waals surface area contributed by atoms with Crippen LogP contribution in [0.25, 0.3) is 88.9 Å². The van der Waals surface area contributed by atoms with Gasteiger partial charge in [-0.05, 0) is 90.0 Å². The van der Waals surface area contributed by atoms with E-state index in [-0.39, 0.29) is 0 Å². The SMILES string of the molecule is c1ccc(Sc2ccc(-c3cc(-c4ccccc4)nc(-n4c5ccccc5c5cc(-c6ccc7c(c6)c6ccccc6n7-c6ccccc6)ccc54)n3)cc2)cc1. The fourth-order valence-electron chi connectivity index (χ4n) is 8.13. The average Bonchev–Trinajstić information content (AvgIpc) is 3.80. The van der Waals surface area contributed by atoms with E-state index in [4.69, 9.17) is 9.97 Å². The van der Waals surface area contributed by atoms with Crippen LogP contribution in [0.5, 0.6) is 0 Å². The van der Waals surface area contributed by atoms with E-state index in [0.717, 1.165) is 55.6 Å². The highest BCUT2D eigenvalue weighted by Gasteiger charge is 2.19. The van der Waals surface area contributed by atoms with Gasteiger partial charge in [0.1, 0.15) is 0 Å². The van der Waals surface area contributed by atoms with E-state index in [9.17, 15) is 0 Å². The standard InChI is InChI=1S/C52H34N4S/c1-4-14-35(15-5-1)46-34-47(36-24-28-41(29-25-36)57-40-18-8-3-9-19-40)54-52(53-46)56-49-23-13-11-21-43(49)45-33-38(27-31-51(45)56)37-26-30-50-44(32-37)42-20-10-12-22-48(42)55(50)39-16-6-2-7-17-39/h1-34H. The summed E-state index contributed by atoms with van der Waals surface area (Å²) in [5, 5.41) is 4.80. The highest BCUT2D eigenvalue weighted by atomic mass is 32.2. The molecule has 0 amide bonds. The Bertz CT molecular complexity index is 3240. The first-order valence-electron chi connectivity index (χ1n) is 19.2. The zero-order valence-electron chi connectivity index (χ0n) is 30.8. The van der Waals surface area contributed by atoms with Gasteiger partial charge in [0.05, 0.1) is 33.5 Å². The topological polar surface area (TPSA) is 35.6 Å². The molecule has 0 saturated heterocycles. The van der Waals surface area contributed by atoms with Crippen LogP contribution in [-0.4, -0.2) is 19.1 Å². The van der Waals surface area contributed by atoms with Crippen molar-refractivity contribution in [2.45, 2.75) is 9.79 Å². The summed E-state index contributed by atoms with van der Waals surface area (Å²) in [6, 6.07) is 73.2. The number of benzene rings is 8. The molecule has 57 heavy (non-hydrogen) atoms. The van der Waals surface area contributed by atoms with Crippen LogP contribution in [0, 0.1) is 0 Å². The minimum absolute atomic E-state index is 0.642. The maximum absolute atomic E-state index is 5.30. The summed E-state index contributed by atoms with van der Waals surface area (Å²) in [6.45, 7) is 0. The van der Waals surface area contributed by atoms with Gasteiger partial charge < -0.3 is 4.57 Å². The molecule has 0 saturated carbocycles. The Morgan fingerprint density at radius 3 is 1.37 bits per heavy atom. The van der Waals surface area contributed by atoms with Gasteiger partial charge in [0.25, 0.3) is 0 Å². The number of hydrogen-bond acceptors (Lipinski definition) is 3. The van der Waals surface area contributed by atoms with Gasteiger partial charge in [-0.2, -0.15) is 0 Å². The van der Waals surface area contributed by atoms with E-state index >= 15 is 0 Å². The molecule has 4 nitrogen and oxygen atoms in total. The van der Waals surface area contributed by atoms with Gasteiger partial charge in [0.15, 0.2) is 0 Å². The van der Waals surface area contributed by atoms with E-state index in [1.165, 1.54) is 37.2 Å². The first-order valence-corrected chi connectivity index (χ1v) is 20.0. The second kappa shape index (κ2) is 13.8. The van der Waals surface area contributed by atoms with E-state index in [1.807, 2.05) is 12.1 Å². The van der Waals surface area contributed by atoms with Crippen LogP contribution in [0.3, 0.4) is 0 Å². The van der Waals surface area contributed by atoms with Crippen LogP contribution in [0.2, 0.25) is 0 Å². The lowest BCUT2D eigenvalue weighted by Crippen LogP contribution is -2.04. The molecule has 3 heterocycles. The van der Waals surface area contributed by atoms with E-state index in [0.29, 0.717) is 5.95 Å². The van der Waals surface area contributed by atoms with Gasteiger partial charge in [-0.3, -0.25) is 4.57 Å². The van der Waals surface area contributed by atoms with Gasteiger partial charge in [0, 0.05) is 48.2 Å². The molecule has 11 aromatic rings. The summed E-state index contributed by atoms with van der Waals surface area (Å²) < 4.78 is 4.59. The maximum atomic E-state index is 5.30. The molecule has 0 spiro atoms. The van der Waals surface area contributed by atoms with Crippen molar-refractivity contribution in [3.05, 3.63) is 206 Å². The van der Waals surface area contributed by atoms with Crippen LogP contribution in [0.1, 0.15) is 0 Å². The molecule has 5 heteroatoms. The molecular formula is C52H34N4S. The average molecular weight is 747 g/mol. The summed E-state index contributed by atoms with van der Waals surface area (Å²) >= 11 is 1.76. The van der Waals surface area contributed by atoms with Crippen LogP contribution in [-0.2, 0) is 0 Å². The Morgan fingerprint density at radius 2 is 0.754 bits per heavy atom. The zero-order chi connectivity index (χ0) is 37.7. The number of fused-ring (bicyclic) bond motifs is 6. The molecule has 8 aromatic carbocycles. The summed E-state index contributed by atoms with van der Waals surface area (Å²) in [7, 11) is 0. The van der Waals surface area contributed by atoms with Gasteiger partial charge in [0.2, 0.25) is 5.95 Å². The summed E-state index contributed by atoms with van der Waals surface area (Å²) in [5.74, 6) is 0.642. The van der Waals surface area contributed by atoms with Crippen molar-refractivity contribution in [3.8, 4) is 45.3 Å². The first-order chi connectivity index (χ1) is 28.2. The first kappa shape index (κ1) is 33.2. The fraction of sp³-hybridized carbons (Fsp3) is 0. The largest absolute Gasteiger partial charge is 0.309 e. The third-order valence-corrected chi connectivity index (χ3v) is 11.8. The van der Waals surface area contributed by atoms with Crippen molar-refractivity contribution in [2.75, 3.05) is 0 Å². The molecule has 0 fully saturated rings. The van der Waals surface area contributed by atoms with Gasteiger partial charge >= 0.3 is 0 Å².